The van der Waals surface area contributed by atoms with Crippen molar-refractivity contribution >= 4 is 28.4 Å². The van der Waals surface area contributed by atoms with Crippen molar-refractivity contribution in [3.63, 3.8) is 0 Å². The lowest BCUT2D eigenvalue weighted by molar-refractivity contribution is -0.385. The molecule has 0 spiro atoms. The van der Waals surface area contributed by atoms with Gasteiger partial charge in [0.15, 0.2) is 16.7 Å². The van der Waals surface area contributed by atoms with E-state index in [4.69, 9.17) is 10.1 Å². The minimum atomic E-state index is -0.580. The molecule has 0 aromatic heterocycles. The van der Waals surface area contributed by atoms with E-state index in [1.165, 1.54) is 37.1 Å². The molecule has 1 aromatic carbocycles. The molecule has 0 saturated carbocycles. The summed E-state index contributed by atoms with van der Waals surface area (Å²) < 4.78 is 4.89. The number of benzene rings is 1. The number of rotatable bonds is 5. The van der Waals surface area contributed by atoms with Gasteiger partial charge in [0.1, 0.15) is 0 Å². The Balaban J connectivity index is 2.19. The largest absolute Gasteiger partial charge is 0.490 e. The molecule has 0 amide bonds. The Morgan fingerprint density at radius 3 is 2.90 bits per heavy atom. The van der Waals surface area contributed by atoms with Crippen molar-refractivity contribution in [1.82, 2.24) is 4.90 Å². The quantitative estimate of drug-likeness (QED) is 0.505. The normalized spacial score (nSPS) is 14.4. The Labute approximate surface area is 119 Å². The Morgan fingerprint density at radius 2 is 2.35 bits per heavy atom. The predicted molar refractivity (Wildman–Crippen MR) is 75.7 cm³/mol. The van der Waals surface area contributed by atoms with Gasteiger partial charge >= 0.3 is 5.69 Å². The summed E-state index contributed by atoms with van der Waals surface area (Å²) >= 11 is 1.39. The Hall–Kier alpha value is -2.09. The van der Waals surface area contributed by atoms with Gasteiger partial charge in [-0.1, -0.05) is 11.8 Å². The molecule has 20 heavy (non-hydrogen) atoms. The summed E-state index contributed by atoms with van der Waals surface area (Å²) in [5.41, 5.74) is 0.0198. The van der Waals surface area contributed by atoms with Crippen LogP contribution in [0.4, 0.5) is 5.69 Å². The van der Waals surface area contributed by atoms with Crippen molar-refractivity contribution in [3.05, 3.63) is 33.9 Å². The molecule has 0 aliphatic carbocycles. The molecular weight excluding hydrogens is 282 g/mol. The topological polar surface area (TPSA) is 96.5 Å². The summed E-state index contributed by atoms with van der Waals surface area (Å²) in [5, 5.41) is 18.9. The van der Waals surface area contributed by atoms with Crippen LogP contribution in [-0.4, -0.2) is 46.7 Å². The molecule has 1 aromatic rings. The SMILES string of the molecule is COc1ccc(C(=O)CN2CCSC2=N)cc1[N+](=O)[O-]. The lowest BCUT2D eigenvalue weighted by Gasteiger charge is -2.15. The van der Waals surface area contributed by atoms with Crippen LogP contribution in [0.5, 0.6) is 5.75 Å². The number of nitrogens with one attached hydrogen (secondary N) is 1. The number of ether oxygens (including phenoxy) is 1. The van der Waals surface area contributed by atoms with E-state index in [-0.39, 0.29) is 29.3 Å². The van der Waals surface area contributed by atoms with Gasteiger partial charge in [-0.15, -0.1) is 0 Å². The fraction of sp³-hybridized carbons (Fsp3) is 0.333. The number of ketones is 1. The van der Waals surface area contributed by atoms with Crippen LogP contribution in [0, 0.1) is 15.5 Å². The van der Waals surface area contributed by atoms with Crippen molar-refractivity contribution < 1.29 is 14.5 Å². The molecule has 1 fully saturated rings. The van der Waals surface area contributed by atoms with Crippen LogP contribution in [0.25, 0.3) is 0 Å². The number of nitrogens with zero attached hydrogens (tertiary/aromatic N) is 2. The minimum Gasteiger partial charge on any atom is -0.490 e. The number of carbonyl (C=O) groups is 1. The molecule has 0 unspecified atom stereocenters. The highest BCUT2D eigenvalue weighted by Gasteiger charge is 2.23. The van der Waals surface area contributed by atoms with E-state index in [0.717, 1.165) is 5.75 Å². The third kappa shape index (κ3) is 2.90. The Bertz CT molecular complexity index is 576. The van der Waals surface area contributed by atoms with Crippen LogP contribution in [0.2, 0.25) is 0 Å². The standard InChI is InChI=1S/C12H13N3O4S/c1-19-11-3-2-8(6-9(11)15(17)18)10(16)7-14-4-5-20-12(14)13/h2-3,6,13H,4-5,7H2,1H3. The van der Waals surface area contributed by atoms with Crippen molar-refractivity contribution in [2.45, 2.75) is 0 Å². The molecule has 8 heteroatoms. The number of hydrogen-bond donors (Lipinski definition) is 1. The smallest absolute Gasteiger partial charge is 0.311 e. The molecular formula is C12H13N3O4S. The molecule has 1 saturated heterocycles. The van der Waals surface area contributed by atoms with E-state index in [1.807, 2.05) is 0 Å². The zero-order valence-electron chi connectivity index (χ0n) is 10.8. The van der Waals surface area contributed by atoms with Gasteiger partial charge < -0.3 is 9.64 Å². The highest BCUT2D eigenvalue weighted by atomic mass is 32.2. The average Bonchev–Trinajstić information content (AvgIpc) is 2.83. The molecule has 106 valence electrons. The summed E-state index contributed by atoms with van der Waals surface area (Å²) in [6.45, 7) is 0.711. The van der Waals surface area contributed by atoms with E-state index >= 15 is 0 Å². The summed E-state index contributed by atoms with van der Waals surface area (Å²) in [4.78, 5) is 24.1. The third-order valence-corrected chi connectivity index (χ3v) is 3.84. The number of amidine groups is 1. The van der Waals surface area contributed by atoms with Crippen LogP contribution < -0.4 is 4.74 Å². The highest BCUT2D eigenvalue weighted by molar-refractivity contribution is 8.14. The number of hydrogen-bond acceptors (Lipinski definition) is 6. The highest BCUT2D eigenvalue weighted by Crippen LogP contribution is 2.28. The monoisotopic (exact) mass is 295 g/mol. The molecule has 1 aliphatic rings. The maximum absolute atomic E-state index is 12.1. The third-order valence-electron chi connectivity index (χ3n) is 2.92. The summed E-state index contributed by atoms with van der Waals surface area (Å²) in [7, 11) is 1.34. The maximum atomic E-state index is 12.1. The fourth-order valence-electron chi connectivity index (χ4n) is 1.87. The average molecular weight is 295 g/mol. The van der Waals surface area contributed by atoms with E-state index < -0.39 is 4.92 Å². The minimum absolute atomic E-state index is 0.0648. The number of methoxy groups -OCH3 is 1. The molecule has 0 radical (unpaired) electrons. The molecule has 2 rings (SSSR count). The fourth-order valence-corrected chi connectivity index (χ4v) is 2.71. The molecule has 7 nitrogen and oxygen atoms in total. The molecule has 0 bridgehead atoms. The van der Waals surface area contributed by atoms with Gasteiger partial charge in [-0.3, -0.25) is 20.3 Å². The number of nitro benzene ring substituents is 1. The number of carbonyl (C=O) groups excluding carboxylic acids is 1. The maximum Gasteiger partial charge on any atom is 0.311 e. The Kier molecular flexibility index (Phi) is 4.23. The van der Waals surface area contributed by atoms with E-state index in [9.17, 15) is 14.9 Å². The summed E-state index contributed by atoms with van der Waals surface area (Å²) in [5.74, 6) is 0.661. The Morgan fingerprint density at radius 1 is 1.60 bits per heavy atom. The van der Waals surface area contributed by atoms with Gasteiger partial charge in [0.25, 0.3) is 0 Å². The second-order valence-corrected chi connectivity index (χ2v) is 5.23. The number of Topliss-reactive ketones (excluding diaryl/α,β-unsaturated/α-hetero) is 1. The number of thioether (sulfide) groups is 1. The first-order valence-corrected chi connectivity index (χ1v) is 6.83. The first kappa shape index (κ1) is 14.3. The van der Waals surface area contributed by atoms with Crippen molar-refractivity contribution in [3.8, 4) is 5.75 Å². The van der Waals surface area contributed by atoms with Gasteiger partial charge in [-0.05, 0) is 12.1 Å². The van der Waals surface area contributed by atoms with Gasteiger partial charge in [-0.25, -0.2) is 0 Å². The summed E-state index contributed by atoms with van der Waals surface area (Å²) in [6, 6.07) is 4.13. The van der Waals surface area contributed by atoms with E-state index in [2.05, 4.69) is 0 Å². The lowest BCUT2D eigenvalue weighted by atomic mass is 10.1. The zero-order valence-corrected chi connectivity index (χ0v) is 11.6. The lowest BCUT2D eigenvalue weighted by Crippen LogP contribution is -2.30. The van der Waals surface area contributed by atoms with Gasteiger partial charge in [0.05, 0.1) is 18.6 Å². The summed E-state index contributed by atoms with van der Waals surface area (Å²) in [6.07, 6.45) is 0. The van der Waals surface area contributed by atoms with Crippen LogP contribution in [-0.2, 0) is 0 Å². The number of nitro groups is 1. The molecule has 1 N–H and O–H groups in total. The van der Waals surface area contributed by atoms with Gasteiger partial charge in [-0.2, -0.15) is 0 Å². The van der Waals surface area contributed by atoms with Crippen LogP contribution in [0.1, 0.15) is 10.4 Å². The second-order valence-electron chi connectivity index (χ2n) is 4.14. The molecule has 0 atom stereocenters. The second kappa shape index (κ2) is 5.91. The van der Waals surface area contributed by atoms with Gasteiger partial charge in [0.2, 0.25) is 0 Å². The van der Waals surface area contributed by atoms with Crippen LogP contribution >= 0.6 is 11.8 Å². The van der Waals surface area contributed by atoms with Crippen molar-refractivity contribution in [2.75, 3.05) is 26.0 Å². The van der Waals surface area contributed by atoms with Gasteiger partial charge in [0, 0.05) is 23.9 Å². The predicted octanol–water partition coefficient (Wildman–Crippen LogP) is 1.77. The van der Waals surface area contributed by atoms with Crippen molar-refractivity contribution in [1.29, 1.82) is 5.41 Å². The van der Waals surface area contributed by atoms with Crippen LogP contribution in [0.15, 0.2) is 18.2 Å². The van der Waals surface area contributed by atoms with Crippen LogP contribution in [0.3, 0.4) is 0 Å². The zero-order chi connectivity index (χ0) is 14.7. The van der Waals surface area contributed by atoms with E-state index in [1.54, 1.807) is 4.90 Å². The molecule has 1 aliphatic heterocycles. The molecule has 1 heterocycles. The first-order chi connectivity index (χ1) is 9.52. The van der Waals surface area contributed by atoms with E-state index in [0.29, 0.717) is 11.7 Å². The first-order valence-electron chi connectivity index (χ1n) is 5.85. The van der Waals surface area contributed by atoms with Crippen molar-refractivity contribution in [2.24, 2.45) is 0 Å².